The van der Waals surface area contributed by atoms with Crippen molar-refractivity contribution in [1.29, 1.82) is 0 Å². The number of para-hydroxylation sites is 1. The standard InChI is InChI=1S/C12H12N2O.ClH/c1-13-11-8-5-9-14-12(11)15-10-6-3-2-4-7-10;/h2-9,13H,1H3;1H. The molecule has 0 radical (unpaired) electrons. The lowest BCUT2D eigenvalue weighted by Crippen LogP contribution is -3.00. The number of ether oxygens (including phenoxy) is 1. The van der Waals surface area contributed by atoms with Gasteiger partial charge in [-0.1, -0.05) is 18.2 Å². The third kappa shape index (κ3) is 2.95. The Bertz CT molecular complexity index is 434. The molecule has 1 heterocycles. The van der Waals surface area contributed by atoms with Crippen LogP contribution >= 0.6 is 0 Å². The minimum absolute atomic E-state index is 0. The molecule has 0 amide bonds. The van der Waals surface area contributed by atoms with Crippen molar-refractivity contribution in [3.8, 4) is 11.6 Å². The summed E-state index contributed by atoms with van der Waals surface area (Å²) < 4.78 is 5.66. The van der Waals surface area contributed by atoms with Crippen LogP contribution in [-0.2, 0) is 0 Å². The monoisotopic (exact) mass is 236 g/mol. The van der Waals surface area contributed by atoms with Gasteiger partial charge in [-0.2, -0.15) is 0 Å². The van der Waals surface area contributed by atoms with Gasteiger partial charge >= 0.3 is 0 Å². The summed E-state index contributed by atoms with van der Waals surface area (Å²) in [5.41, 5.74) is 1.00. The van der Waals surface area contributed by atoms with Crippen molar-refractivity contribution >= 4 is 5.69 Å². The molecule has 2 N–H and O–H groups in total. The second-order valence-corrected chi connectivity index (χ2v) is 3.10. The van der Waals surface area contributed by atoms with E-state index in [0.29, 0.717) is 5.88 Å². The Morgan fingerprint density at radius 2 is 1.81 bits per heavy atom. The molecule has 84 valence electrons. The summed E-state index contributed by atoms with van der Waals surface area (Å²) in [5.74, 6) is 1.45. The molecular weight excluding hydrogens is 224 g/mol. The van der Waals surface area contributed by atoms with Crippen LogP contribution < -0.4 is 22.5 Å². The Balaban J connectivity index is 0.00000128. The lowest BCUT2D eigenvalue weighted by atomic mass is 10.3. The normalized spacial score (nSPS) is 9.31. The van der Waals surface area contributed by atoms with Crippen LogP contribution in [0, 0.1) is 0 Å². The minimum Gasteiger partial charge on any atom is -1.00 e. The molecule has 0 saturated heterocycles. The molecule has 0 atom stereocenters. The Labute approximate surface area is 101 Å². The molecule has 3 nitrogen and oxygen atoms in total. The summed E-state index contributed by atoms with van der Waals surface area (Å²) in [6, 6.07) is 13.5. The van der Waals surface area contributed by atoms with E-state index < -0.39 is 0 Å². The SMILES string of the molecule is C[NH2+]c1cccnc1Oc1ccccc1.[Cl-]. The quantitative estimate of drug-likeness (QED) is 0.720. The van der Waals surface area contributed by atoms with Gasteiger partial charge in [0.2, 0.25) is 0 Å². The maximum absolute atomic E-state index is 5.66. The zero-order valence-electron chi connectivity index (χ0n) is 8.93. The Morgan fingerprint density at radius 1 is 1.06 bits per heavy atom. The summed E-state index contributed by atoms with van der Waals surface area (Å²) in [5, 5.41) is 1.98. The number of quaternary nitrogens is 1. The van der Waals surface area contributed by atoms with Crippen LogP contribution in [0.15, 0.2) is 48.7 Å². The summed E-state index contributed by atoms with van der Waals surface area (Å²) in [6.07, 6.45) is 1.73. The second kappa shape index (κ2) is 6.10. The lowest BCUT2D eigenvalue weighted by Gasteiger charge is -2.05. The van der Waals surface area contributed by atoms with Gasteiger partial charge in [0, 0.05) is 12.3 Å². The smallest absolute Gasteiger partial charge is 0.282 e. The molecule has 0 saturated carbocycles. The minimum atomic E-state index is 0. The first-order valence-corrected chi connectivity index (χ1v) is 4.87. The van der Waals surface area contributed by atoms with Crippen molar-refractivity contribution in [2.45, 2.75) is 0 Å². The van der Waals surface area contributed by atoms with Gasteiger partial charge in [0.15, 0.2) is 5.69 Å². The number of rotatable bonds is 3. The number of benzene rings is 1. The van der Waals surface area contributed by atoms with Gasteiger partial charge in [-0.15, -0.1) is 0 Å². The number of nitrogens with two attached hydrogens (primary N) is 1. The highest BCUT2D eigenvalue weighted by Gasteiger charge is 2.06. The van der Waals surface area contributed by atoms with E-state index in [9.17, 15) is 0 Å². The number of halogens is 1. The summed E-state index contributed by atoms with van der Waals surface area (Å²) in [4.78, 5) is 4.19. The topological polar surface area (TPSA) is 38.7 Å². The molecule has 1 aromatic heterocycles. The van der Waals surface area contributed by atoms with Gasteiger partial charge in [-0.05, 0) is 18.2 Å². The summed E-state index contributed by atoms with van der Waals surface area (Å²) in [6.45, 7) is 0. The van der Waals surface area contributed by atoms with Gasteiger partial charge in [0.1, 0.15) is 5.75 Å². The highest BCUT2D eigenvalue weighted by Crippen LogP contribution is 2.22. The average molecular weight is 237 g/mol. The molecule has 1 aromatic carbocycles. The zero-order chi connectivity index (χ0) is 10.5. The molecule has 0 bridgehead atoms. The molecule has 0 aliphatic carbocycles. The molecule has 2 aromatic rings. The van der Waals surface area contributed by atoms with Crippen molar-refractivity contribution in [2.24, 2.45) is 0 Å². The van der Waals surface area contributed by atoms with Crippen LogP contribution in [0.1, 0.15) is 0 Å². The van der Waals surface area contributed by atoms with Gasteiger partial charge < -0.3 is 22.5 Å². The van der Waals surface area contributed by atoms with Crippen LogP contribution in [0.2, 0.25) is 0 Å². The maximum atomic E-state index is 5.66. The van der Waals surface area contributed by atoms with Crippen molar-refractivity contribution in [1.82, 2.24) is 4.98 Å². The van der Waals surface area contributed by atoms with Crippen molar-refractivity contribution in [3.63, 3.8) is 0 Å². The largest absolute Gasteiger partial charge is 1.00 e. The van der Waals surface area contributed by atoms with Gasteiger partial charge in [-0.3, -0.25) is 0 Å². The first-order chi connectivity index (χ1) is 7.40. The summed E-state index contributed by atoms with van der Waals surface area (Å²) in [7, 11) is 1.97. The van der Waals surface area contributed by atoms with Crippen molar-refractivity contribution < 1.29 is 22.5 Å². The van der Waals surface area contributed by atoms with E-state index in [1.54, 1.807) is 6.20 Å². The van der Waals surface area contributed by atoms with Gasteiger partial charge in [-0.25, -0.2) is 4.98 Å². The van der Waals surface area contributed by atoms with E-state index in [1.807, 2.05) is 54.8 Å². The van der Waals surface area contributed by atoms with Gasteiger partial charge in [0.25, 0.3) is 5.88 Å². The number of aromatic nitrogens is 1. The van der Waals surface area contributed by atoms with Crippen LogP contribution in [-0.4, -0.2) is 12.0 Å². The lowest BCUT2D eigenvalue weighted by molar-refractivity contribution is -0.540. The molecule has 4 heteroatoms. The van der Waals surface area contributed by atoms with Crippen LogP contribution in [0.4, 0.5) is 5.69 Å². The Hall–Kier alpha value is -1.58. The first-order valence-electron chi connectivity index (χ1n) is 4.87. The molecular formula is C12H13ClN2O. The third-order valence-corrected chi connectivity index (χ3v) is 2.07. The molecule has 0 fully saturated rings. The fraction of sp³-hybridized carbons (Fsp3) is 0.0833. The summed E-state index contributed by atoms with van der Waals surface area (Å²) >= 11 is 0. The predicted octanol–water partition coefficient (Wildman–Crippen LogP) is -1.30. The average Bonchev–Trinajstić information content (AvgIpc) is 2.31. The van der Waals surface area contributed by atoms with E-state index in [1.165, 1.54) is 0 Å². The first kappa shape index (κ1) is 12.5. The molecule has 0 aliphatic rings. The fourth-order valence-electron chi connectivity index (χ4n) is 1.31. The number of pyridine rings is 1. The van der Waals surface area contributed by atoms with E-state index in [-0.39, 0.29) is 12.4 Å². The molecule has 0 unspecified atom stereocenters. The van der Waals surface area contributed by atoms with Crippen molar-refractivity contribution in [3.05, 3.63) is 48.7 Å². The van der Waals surface area contributed by atoms with E-state index in [4.69, 9.17) is 4.74 Å². The fourth-order valence-corrected chi connectivity index (χ4v) is 1.31. The molecule has 2 rings (SSSR count). The van der Waals surface area contributed by atoms with E-state index in [0.717, 1.165) is 11.4 Å². The van der Waals surface area contributed by atoms with Crippen molar-refractivity contribution in [2.75, 3.05) is 7.05 Å². The molecule has 16 heavy (non-hydrogen) atoms. The Kier molecular flexibility index (Phi) is 4.76. The van der Waals surface area contributed by atoms with Crippen LogP contribution in [0.25, 0.3) is 0 Å². The molecule has 0 aliphatic heterocycles. The third-order valence-electron chi connectivity index (χ3n) is 2.07. The van der Waals surface area contributed by atoms with Crippen LogP contribution in [0.5, 0.6) is 11.6 Å². The van der Waals surface area contributed by atoms with E-state index >= 15 is 0 Å². The van der Waals surface area contributed by atoms with Gasteiger partial charge in [0.05, 0.1) is 7.05 Å². The highest BCUT2D eigenvalue weighted by molar-refractivity contribution is 5.41. The number of hydrogen-bond acceptors (Lipinski definition) is 2. The maximum Gasteiger partial charge on any atom is 0.282 e. The zero-order valence-corrected chi connectivity index (χ0v) is 9.69. The number of hydrogen-bond donors (Lipinski definition) is 1. The second-order valence-electron chi connectivity index (χ2n) is 3.10. The van der Waals surface area contributed by atoms with Crippen LogP contribution in [0.3, 0.4) is 0 Å². The van der Waals surface area contributed by atoms with E-state index in [2.05, 4.69) is 4.98 Å². The molecule has 0 spiro atoms. The predicted molar refractivity (Wildman–Crippen MR) is 58.3 cm³/mol. The Morgan fingerprint density at radius 3 is 2.50 bits per heavy atom. The highest BCUT2D eigenvalue weighted by atomic mass is 35.5. The number of nitrogens with zero attached hydrogens (tertiary/aromatic N) is 1.